The molecule has 0 N–H and O–H groups in total. The van der Waals surface area contributed by atoms with Crippen molar-refractivity contribution >= 4 is 66.5 Å². The first kappa shape index (κ1) is 38.1. The van der Waals surface area contributed by atoms with Crippen LogP contribution < -0.4 is 4.90 Å². The molecule has 3 aromatic heterocycles. The molecule has 4 heteroatoms. The topological polar surface area (TPSA) is 25.5 Å². The molecule has 0 atom stereocenters. The van der Waals surface area contributed by atoms with Crippen LogP contribution in [0.4, 0.5) is 17.1 Å². The highest BCUT2D eigenvalue weighted by atomic mass is 15.2. The van der Waals surface area contributed by atoms with Gasteiger partial charge in [0, 0.05) is 49.5 Å². The fourth-order valence-corrected chi connectivity index (χ4v) is 12.1. The van der Waals surface area contributed by atoms with Gasteiger partial charge >= 0.3 is 0 Å². The molecule has 0 fully saturated rings. The maximum Gasteiger partial charge on any atom is 0.165 e. The van der Waals surface area contributed by atoms with Crippen LogP contribution >= 0.6 is 0 Å². The van der Waals surface area contributed by atoms with Crippen LogP contribution in [0.3, 0.4) is 0 Å². The van der Waals surface area contributed by atoms with Crippen molar-refractivity contribution in [2.45, 2.75) is 38.5 Å². The van der Waals surface area contributed by atoms with Crippen LogP contribution in [0.15, 0.2) is 206 Å². The summed E-state index contributed by atoms with van der Waals surface area (Å²) in [6.45, 7) is 9.48. The molecule has 0 saturated heterocycles. The Morgan fingerprint density at radius 1 is 0.403 bits per heavy atom. The SMILES string of the molecule is CC1(C)c2ccccc2-c2c(N(c3ccc(-c4ccc5c(c4)c4c(nc6c7ccccc7c7ccccc7n64)n5-c4ccccc4)cc3)c3cccc4c3-c3ccccc3C4(C)C)cccc21. The Morgan fingerprint density at radius 3 is 1.60 bits per heavy atom. The van der Waals surface area contributed by atoms with Crippen molar-refractivity contribution < 1.29 is 0 Å². The fraction of sp³-hybridized carbons (Fsp3) is 0.0952. The third-order valence-electron chi connectivity index (χ3n) is 15.3. The molecule has 2 aliphatic rings. The van der Waals surface area contributed by atoms with Gasteiger partial charge < -0.3 is 4.90 Å². The highest BCUT2D eigenvalue weighted by molar-refractivity contribution is 6.18. The summed E-state index contributed by atoms with van der Waals surface area (Å²) in [6.07, 6.45) is 0. The molecule has 0 spiro atoms. The second kappa shape index (κ2) is 13.7. The Kier molecular flexibility index (Phi) is 7.77. The lowest BCUT2D eigenvalue weighted by atomic mass is 9.82. The Balaban J connectivity index is 0.991. The first-order valence-electron chi connectivity index (χ1n) is 23.5. The summed E-state index contributed by atoms with van der Waals surface area (Å²) in [5.74, 6) is 0. The summed E-state index contributed by atoms with van der Waals surface area (Å²) in [4.78, 5) is 8.05. The maximum absolute atomic E-state index is 5.51. The zero-order valence-corrected chi connectivity index (χ0v) is 37.9. The summed E-state index contributed by atoms with van der Waals surface area (Å²) in [7, 11) is 0. The van der Waals surface area contributed by atoms with Crippen LogP contribution in [-0.4, -0.2) is 14.0 Å². The lowest BCUT2D eigenvalue weighted by molar-refractivity contribution is 0.660. The van der Waals surface area contributed by atoms with Gasteiger partial charge in [-0.1, -0.05) is 179 Å². The predicted octanol–water partition coefficient (Wildman–Crippen LogP) is 16.5. The van der Waals surface area contributed by atoms with Crippen molar-refractivity contribution in [3.05, 3.63) is 229 Å². The third kappa shape index (κ3) is 5.16. The van der Waals surface area contributed by atoms with E-state index >= 15 is 0 Å². The summed E-state index contributed by atoms with van der Waals surface area (Å²) in [5, 5.41) is 4.74. The molecule has 9 aromatic carbocycles. The van der Waals surface area contributed by atoms with Gasteiger partial charge in [-0.05, 0) is 104 Å². The Hall–Kier alpha value is -8.21. The van der Waals surface area contributed by atoms with E-state index in [1.807, 2.05) is 0 Å². The van der Waals surface area contributed by atoms with Gasteiger partial charge in [0.25, 0.3) is 0 Å². The highest BCUT2D eigenvalue weighted by Crippen LogP contribution is 2.58. The molecule has 0 radical (unpaired) electrons. The predicted molar refractivity (Wildman–Crippen MR) is 280 cm³/mol. The largest absolute Gasteiger partial charge is 0.309 e. The number of rotatable bonds is 5. The van der Waals surface area contributed by atoms with E-state index in [1.165, 1.54) is 66.7 Å². The molecular weight excluding hydrogens is 813 g/mol. The van der Waals surface area contributed by atoms with Gasteiger partial charge in [-0.2, -0.15) is 0 Å². The Bertz CT molecular complexity index is 3930. The zero-order chi connectivity index (χ0) is 44.8. The molecule has 12 aromatic rings. The lowest BCUT2D eigenvalue weighted by Crippen LogP contribution is -2.17. The monoisotopic (exact) mass is 858 g/mol. The van der Waals surface area contributed by atoms with E-state index in [2.05, 4.69) is 248 Å². The van der Waals surface area contributed by atoms with Crippen LogP contribution in [0, 0.1) is 0 Å². The first-order valence-corrected chi connectivity index (χ1v) is 23.5. The highest BCUT2D eigenvalue weighted by Gasteiger charge is 2.40. The molecule has 4 nitrogen and oxygen atoms in total. The smallest absolute Gasteiger partial charge is 0.165 e. The number of fused-ring (bicyclic) bond motifs is 16. The van der Waals surface area contributed by atoms with Crippen LogP contribution in [-0.2, 0) is 10.8 Å². The summed E-state index contributed by atoms with van der Waals surface area (Å²) in [5.41, 5.74) is 22.6. The lowest BCUT2D eigenvalue weighted by Gasteiger charge is -2.31. The minimum atomic E-state index is -0.131. The number of aromatic nitrogens is 3. The molecule has 0 aliphatic heterocycles. The van der Waals surface area contributed by atoms with Crippen molar-refractivity contribution in [2.75, 3.05) is 4.90 Å². The van der Waals surface area contributed by atoms with Gasteiger partial charge in [-0.15, -0.1) is 0 Å². The molecular formula is C63H46N4. The second-order valence-corrected chi connectivity index (χ2v) is 19.5. The number of nitrogens with zero attached hydrogens (tertiary/aromatic N) is 4. The van der Waals surface area contributed by atoms with Gasteiger partial charge in [-0.3, -0.25) is 8.97 Å². The minimum Gasteiger partial charge on any atom is -0.309 e. The second-order valence-electron chi connectivity index (χ2n) is 19.5. The van der Waals surface area contributed by atoms with Gasteiger partial charge in [0.05, 0.1) is 22.4 Å². The van der Waals surface area contributed by atoms with Crippen LogP contribution in [0.2, 0.25) is 0 Å². The van der Waals surface area contributed by atoms with Gasteiger partial charge in [-0.25, -0.2) is 4.98 Å². The van der Waals surface area contributed by atoms with E-state index in [0.717, 1.165) is 61.1 Å². The van der Waals surface area contributed by atoms with E-state index in [9.17, 15) is 0 Å². The summed E-state index contributed by atoms with van der Waals surface area (Å²) < 4.78 is 4.73. The minimum absolute atomic E-state index is 0.131. The summed E-state index contributed by atoms with van der Waals surface area (Å²) >= 11 is 0. The number of hydrogen-bond donors (Lipinski definition) is 0. The number of imidazole rings is 1. The molecule has 0 saturated carbocycles. The molecule has 318 valence electrons. The molecule has 0 unspecified atom stereocenters. The number of anilines is 3. The van der Waals surface area contributed by atoms with Gasteiger partial charge in [0.1, 0.15) is 11.2 Å². The number of para-hydroxylation sites is 2. The van der Waals surface area contributed by atoms with E-state index in [0.29, 0.717) is 0 Å². The Labute approximate surface area is 389 Å². The zero-order valence-electron chi connectivity index (χ0n) is 37.9. The van der Waals surface area contributed by atoms with Crippen LogP contribution in [0.25, 0.3) is 88.5 Å². The van der Waals surface area contributed by atoms with E-state index in [-0.39, 0.29) is 10.8 Å². The normalized spacial score (nSPS) is 14.2. The molecule has 2 aliphatic carbocycles. The first-order chi connectivity index (χ1) is 32.8. The van der Waals surface area contributed by atoms with Crippen molar-refractivity contribution in [3.63, 3.8) is 0 Å². The summed E-state index contributed by atoms with van der Waals surface area (Å²) in [6, 6.07) is 76.2. The maximum atomic E-state index is 5.51. The van der Waals surface area contributed by atoms with E-state index in [4.69, 9.17) is 4.98 Å². The van der Waals surface area contributed by atoms with Crippen molar-refractivity contribution in [3.8, 4) is 39.1 Å². The van der Waals surface area contributed by atoms with Crippen LogP contribution in [0.5, 0.6) is 0 Å². The van der Waals surface area contributed by atoms with Crippen molar-refractivity contribution in [1.82, 2.24) is 14.0 Å². The molecule has 0 amide bonds. The average molecular weight is 859 g/mol. The average Bonchev–Trinajstić information content (AvgIpc) is 4.05. The van der Waals surface area contributed by atoms with Crippen molar-refractivity contribution in [2.24, 2.45) is 0 Å². The number of hydrogen-bond acceptors (Lipinski definition) is 2. The number of pyridine rings is 1. The van der Waals surface area contributed by atoms with E-state index < -0.39 is 0 Å². The molecule has 0 bridgehead atoms. The quantitative estimate of drug-likeness (QED) is 0.161. The standard InChI is InChI=1S/C63H46N4/c1-62(2)49-25-13-10-23-46(49)57-51(62)27-16-30-55(57)65(56-31-17-28-52-58(56)47-24-11-14-26-50(47)63(52,3)4)42-35-32-39(33-36-42)40-34-37-54-48(38-40)59-61(66(54)41-18-6-5-7-19-41)64-60-45-22-9-8-20-43(45)44-21-12-15-29-53(44)67(59)60/h5-38H,1-4H3. The molecule has 3 heterocycles. The molecule has 14 rings (SSSR count). The number of benzene rings is 9. The Morgan fingerprint density at radius 2 is 0.940 bits per heavy atom. The third-order valence-corrected chi connectivity index (χ3v) is 15.3. The van der Waals surface area contributed by atoms with Crippen LogP contribution in [0.1, 0.15) is 49.9 Å². The van der Waals surface area contributed by atoms with Gasteiger partial charge in [0.2, 0.25) is 0 Å². The fourth-order valence-electron chi connectivity index (χ4n) is 12.1. The molecule has 67 heavy (non-hydrogen) atoms. The van der Waals surface area contributed by atoms with Crippen molar-refractivity contribution in [1.29, 1.82) is 0 Å². The van der Waals surface area contributed by atoms with E-state index in [1.54, 1.807) is 0 Å². The van der Waals surface area contributed by atoms with Gasteiger partial charge in [0.15, 0.2) is 5.65 Å².